The Balaban J connectivity index is 1.97. The molecule has 0 aromatic carbocycles. The van der Waals surface area contributed by atoms with Gasteiger partial charge >= 0.3 is 0 Å². The van der Waals surface area contributed by atoms with Crippen LogP contribution in [-0.4, -0.2) is 28.7 Å². The molecule has 2 N–H and O–H groups in total. The molecule has 1 atom stereocenters. The van der Waals surface area contributed by atoms with E-state index < -0.39 is 0 Å². The van der Waals surface area contributed by atoms with Gasteiger partial charge < -0.3 is 5.32 Å². The Morgan fingerprint density at radius 2 is 2.57 bits per heavy atom. The second kappa shape index (κ2) is 3.29. The molecule has 1 amide bonds. The molecule has 1 unspecified atom stereocenters. The van der Waals surface area contributed by atoms with Crippen LogP contribution < -0.4 is 10.6 Å². The van der Waals surface area contributed by atoms with Crippen LogP contribution in [0.3, 0.4) is 0 Å². The third-order valence-electron chi connectivity index (χ3n) is 2.40. The minimum absolute atomic E-state index is 0.0296. The van der Waals surface area contributed by atoms with E-state index in [1.807, 2.05) is 0 Å². The van der Waals surface area contributed by atoms with Gasteiger partial charge in [-0.1, -0.05) is 25.2 Å². The Kier molecular flexibility index (Phi) is 2.24. The van der Waals surface area contributed by atoms with E-state index >= 15 is 0 Å². The molecular weight excluding hydrogens is 200 g/mol. The van der Waals surface area contributed by atoms with Crippen molar-refractivity contribution in [3.05, 3.63) is 5.51 Å². The van der Waals surface area contributed by atoms with Crippen molar-refractivity contribution >= 4 is 22.4 Å². The molecule has 0 saturated carbocycles. The van der Waals surface area contributed by atoms with Gasteiger partial charge in [-0.15, -0.1) is 10.2 Å². The van der Waals surface area contributed by atoms with Crippen LogP contribution in [0.15, 0.2) is 5.51 Å². The van der Waals surface area contributed by atoms with Gasteiger partial charge in [0.2, 0.25) is 11.0 Å². The van der Waals surface area contributed by atoms with Crippen molar-refractivity contribution < 1.29 is 4.79 Å². The molecule has 1 fully saturated rings. The van der Waals surface area contributed by atoms with Crippen molar-refractivity contribution in [3.63, 3.8) is 0 Å². The zero-order chi connectivity index (χ0) is 10.2. The first-order valence-corrected chi connectivity index (χ1v) is 5.28. The Labute approximate surface area is 85.9 Å². The molecule has 5 nitrogen and oxygen atoms in total. The summed E-state index contributed by atoms with van der Waals surface area (Å²) in [5, 5.41) is 13.8. The van der Waals surface area contributed by atoms with Crippen molar-refractivity contribution in [1.29, 1.82) is 0 Å². The average Bonchev–Trinajstić information content (AvgIpc) is 2.55. The molecule has 0 spiro atoms. The minimum Gasteiger partial charge on any atom is -0.305 e. The number of nitrogens with one attached hydrogen (secondary N) is 2. The highest BCUT2D eigenvalue weighted by atomic mass is 32.1. The van der Waals surface area contributed by atoms with Gasteiger partial charge in [0.1, 0.15) is 5.51 Å². The topological polar surface area (TPSA) is 66.9 Å². The maximum Gasteiger partial charge on any atom is 0.243 e. The summed E-state index contributed by atoms with van der Waals surface area (Å²) in [6.07, 6.45) is 0. The fourth-order valence-electron chi connectivity index (χ4n) is 1.47. The van der Waals surface area contributed by atoms with E-state index in [9.17, 15) is 4.79 Å². The predicted octanol–water partition coefficient (Wildman–Crippen LogP) is 0.475. The molecule has 0 radical (unpaired) electrons. The Morgan fingerprint density at radius 3 is 3.00 bits per heavy atom. The van der Waals surface area contributed by atoms with E-state index in [0.29, 0.717) is 5.13 Å². The second-order valence-corrected chi connectivity index (χ2v) is 4.87. The highest BCUT2D eigenvalue weighted by molar-refractivity contribution is 7.13. The maximum atomic E-state index is 11.7. The molecule has 1 aromatic rings. The van der Waals surface area contributed by atoms with E-state index in [-0.39, 0.29) is 17.4 Å². The lowest BCUT2D eigenvalue weighted by molar-refractivity contribution is -0.124. The highest BCUT2D eigenvalue weighted by Crippen LogP contribution is 2.28. The Bertz CT molecular complexity index is 335. The first-order valence-electron chi connectivity index (χ1n) is 4.40. The van der Waals surface area contributed by atoms with Crippen molar-refractivity contribution in [1.82, 2.24) is 15.5 Å². The Morgan fingerprint density at radius 1 is 1.79 bits per heavy atom. The van der Waals surface area contributed by atoms with Crippen LogP contribution in [0.4, 0.5) is 5.13 Å². The highest BCUT2D eigenvalue weighted by Gasteiger charge is 2.43. The van der Waals surface area contributed by atoms with Gasteiger partial charge in [0.25, 0.3) is 0 Å². The lowest BCUT2D eigenvalue weighted by Crippen LogP contribution is -2.64. The summed E-state index contributed by atoms with van der Waals surface area (Å²) in [5.41, 5.74) is 1.63. The summed E-state index contributed by atoms with van der Waals surface area (Å²) in [6, 6.07) is -0.119. The first kappa shape index (κ1) is 9.54. The third-order valence-corrected chi connectivity index (χ3v) is 3.00. The zero-order valence-electron chi connectivity index (χ0n) is 8.07. The SMILES string of the molecule is CC1(C)CNC1C(=O)Nc1nncs1. The molecule has 6 heteroatoms. The molecular formula is C8H12N4OS. The van der Waals surface area contributed by atoms with Crippen LogP contribution in [0.1, 0.15) is 13.8 Å². The fourth-order valence-corrected chi connectivity index (χ4v) is 1.91. The summed E-state index contributed by atoms with van der Waals surface area (Å²) >= 11 is 1.32. The normalized spacial score (nSPS) is 24.0. The van der Waals surface area contributed by atoms with E-state index in [2.05, 4.69) is 34.7 Å². The smallest absolute Gasteiger partial charge is 0.243 e. The molecule has 1 aromatic heterocycles. The maximum absolute atomic E-state index is 11.7. The number of aromatic nitrogens is 2. The van der Waals surface area contributed by atoms with Crippen molar-refractivity contribution in [2.45, 2.75) is 19.9 Å². The molecule has 0 bridgehead atoms. The summed E-state index contributed by atoms with van der Waals surface area (Å²) in [5.74, 6) is -0.0296. The van der Waals surface area contributed by atoms with E-state index in [4.69, 9.17) is 0 Å². The van der Waals surface area contributed by atoms with Gasteiger partial charge in [-0.3, -0.25) is 10.1 Å². The molecule has 14 heavy (non-hydrogen) atoms. The van der Waals surface area contributed by atoms with Gasteiger partial charge in [-0.25, -0.2) is 0 Å². The molecule has 1 aliphatic heterocycles. The molecule has 76 valence electrons. The van der Waals surface area contributed by atoms with Crippen LogP contribution in [0, 0.1) is 5.41 Å². The number of nitrogens with zero attached hydrogens (tertiary/aromatic N) is 2. The van der Waals surface area contributed by atoms with Crippen LogP contribution in [-0.2, 0) is 4.79 Å². The number of rotatable bonds is 2. The minimum atomic E-state index is -0.119. The molecule has 2 rings (SSSR count). The number of carbonyl (C=O) groups is 1. The van der Waals surface area contributed by atoms with Gasteiger partial charge in [0, 0.05) is 12.0 Å². The number of anilines is 1. The van der Waals surface area contributed by atoms with Crippen LogP contribution in [0.2, 0.25) is 0 Å². The van der Waals surface area contributed by atoms with Crippen LogP contribution >= 0.6 is 11.3 Å². The molecule has 2 heterocycles. The third kappa shape index (κ3) is 1.62. The largest absolute Gasteiger partial charge is 0.305 e. The lowest BCUT2D eigenvalue weighted by atomic mass is 9.77. The number of amides is 1. The van der Waals surface area contributed by atoms with Crippen molar-refractivity contribution in [2.24, 2.45) is 5.41 Å². The number of hydrogen-bond acceptors (Lipinski definition) is 5. The van der Waals surface area contributed by atoms with Crippen LogP contribution in [0.5, 0.6) is 0 Å². The van der Waals surface area contributed by atoms with Gasteiger partial charge in [0.05, 0.1) is 6.04 Å². The number of carbonyl (C=O) groups excluding carboxylic acids is 1. The fraction of sp³-hybridized carbons (Fsp3) is 0.625. The molecule has 1 aliphatic rings. The van der Waals surface area contributed by atoms with Crippen LogP contribution in [0.25, 0.3) is 0 Å². The standard InChI is InChI=1S/C8H12N4OS/c1-8(2)3-9-5(8)6(13)11-7-12-10-4-14-7/h4-5,9H,3H2,1-2H3,(H,11,12,13). The van der Waals surface area contributed by atoms with E-state index in [0.717, 1.165) is 6.54 Å². The molecule has 0 aliphatic carbocycles. The zero-order valence-corrected chi connectivity index (χ0v) is 8.89. The summed E-state index contributed by atoms with van der Waals surface area (Å²) < 4.78 is 0. The summed E-state index contributed by atoms with van der Waals surface area (Å²) in [7, 11) is 0. The number of hydrogen-bond donors (Lipinski definition) is 2. The van der Waals surface area contributed by atoms with Crippen molar-refractivity contribution in [2.75, 3.05) is 11.9 Å². The van der Waals surface area contributed by atoms with Gasteiger partial charge in [-0.2, -0.15) is 0 Å². The van der Waals surface area contributed by atoms with Gasteiger partial charge in [0.15, 0.2) is 0 Å². The monoisotopic (exact) mass is 212 g/mol. The lowest BCUT2D eigenvalue weighted by Gasteiger charge is -2.44. The summed E-state index contributed by atoms with van der Waals surface area (Å²) in [4.78, 5) is 11.7. The average molecular weight is 212 g/mol. The second-order valence-electron chi connectivity index (χ2n) is 4.04. The van der Waals surface area contributed by atoms with E-state index in [1.54, 1.807) is 5.51 Å². The van der Waals surface area contributed by atoms with Gasteiger partial charge in [-0.05, 0) is 0 Å². The molecule has 1 saturated heterocycles. The predicted molar refractivity (Wildman–Crippen MR) is 54.1 cm³/mol. The summed E-state index contributed by atoms with van der Waals surface area (Å²) in [6.45, 7) is 5.00. The Hall–Kier alpha value is -1.01. The first-order chi connectivity index (χ1) is 6.59. The quantitative estimate of drug-likeness (QED) is 0.748. The van der Waals surface area contributed by atoms with E-state index in [1.165, 1.54) is 11.3 Å². The van der Waals surface area contributed by atoms with Crippen molar-refractivity contribution in [3.8, 4) is 0 Å².